The number of halogens is 1. The molecule has 25 heavy (non-hydrogen) atoms. The van der Waals surface area contributed by atoms with Crippen LogP contribution in [-0.4, -0.2) is 35.1 Å². The van der Waals surface area contributed by atoms with Gasteiger partial charge in [-0.1, -0.05) is 30.3 Å². The minimum absolute atomic E-state index is 0.529. The van der Waals surface area contributed by atoms with Crippen molar-refractivity contribution >= 4 is 17.5 Å². The second-order valence-electron chi connectivity index (χ2n) is 7.37. The summed E-state index contributed by atoms with van der Waals surface area (Å²) in [4.78, 5) is 6.58. The van der Waals surface area contributed by atoms with Crippen LogP contribution in [0.15, 0.2) is 54.9 Å². The molecule has 1 aromatic carbocycles. The molecule has 0 N–H and O–H groups in total. The van der Waals surface area contributed by atoms with Crippen molar-refractivity contribution < 1.29 is 0 Å². The molecule has 0 spiro atoms. The highest BCUT2D eigenvalue weighted by Gasteiger charge is 2.42. The van der Waals surface area contributed by atoms with Gasteiger partial charge >= 0.3 is 0 Å². The molecule has 1 aliphatic carbocycles. The van der Waals surface area contributed by atoms with E-state index >= 15 is 0 Å². The minimum Gasteiger partial charge on any atom is -0.371 e. The molecule has 132 valence electrons. The summed E-state index contributed by atoms with van der Waals surface area (Å²) in [7, 11) is 0. The number of anilines is 1. The maximum absolute atomic E-state index is 6.58. The van der Waals surface area contributed by atoms with Gasteiger partial charge in [0.1, 0.15) is 0 Å². The number of piperidine rings is 1. The number of aromatic nitrogens is 1. The Labute approximate surface area is 155 Å². The summed E-state index contributed by atoms with van der Waals surface area (Å²) in [5, 5.41) is 0. The number of benzene rings is 1. The molecular formula is C21H26ClN3. The van der Waals surface area contributed by atoms with Gasteiger partial charge in [0.05, 0.1) is 0 Å². The Hall–Kier alpha value is -1.58. The van der Waals surface area contributed by atoms with Gasteiger partial charge in [-0.15, -0.1) is 0 Å². The van der Waals surface area contributed by atoms with E-state index in [1.807, 2.05) is 12.4 Å². The number of rotatable bonds is 6. The van der Waals surface area contributed by atoms with E-state index in [9.17, 15) is 0 Å². The lowest BCUT2D eigenvalue weighted by atomic mass is 9.93. The predicted octanol–water partition coefficient (Wildman–Crippen LogP) is 4.70. The van der Waals surface area contributed by atoms with Crippen molar-refractivity contribution in [2.45, 2.75) is 37.6 Å². The average Bonchev–Trinajstić information content (AvgIpc) is 3.49. The monoisotopic (exact) mass is 355 g/mol. The van der Waals surface area contributed by atoms with Crippen molar-refractivity contribution in [2.24, 2.45) is 5.92 Å². The fraction of sp³-hybridized carbons (Fsp3) is 0.476. The van der Waals surface area contributed by atoms with Crippen molar-refractivity contribution in [1.29, 1.82) is 0 Å². The molecule has 4 rings (SSSR count). The normalized spacial score (nSPS) is 23.8. The van der Waals surface area contributed by atoms with Crippen molar-refractivity contribution in [3.8, 4) is 0 Å². The molecule has 3 nitrogen and oxygen atoms in total. The second kappa shape index (κ2) is 7.76. The van der Waals surface area contributed by atoms with Gasteiger partial charge in [0.15, 0.2) is 0 Å². The van der Waals surface area contributed by atoms with Crippen LogP contribution in [-0.2, 0) is 0 Å². The molecule has 2 atom stereocenters. The smallest absolute Gasteiger partial charge is 0.0397 e. The van der Waals surface area contributed by atoms with E-state index in [1.54, 1.807) is 0 Å². The van der Waals surface area contributed by atoms with E-state index in [-0.39, 0.29) is 0 Å². The van der Waals surface area contributed by atoms with Crippen LogP contribution in [0.4, 0.5) is 5.69 Å². The summed E-state index contributed by atoms with van der Waals surface area (Å²) in [6.07, 6.45) is 8.70. The van der Waals surface area contributed by atoms with Crippen LogP contribution in [0.5, 0.6) is 0 Å². The zero-order valence-corrected chi connectivity index (χ0v) is 15.4. The van der Waals surface area contributed by atoms with Crippen molar-refractivity contribution in [3.05, 3.63) is 60.4 Å². The van der Waals surface area contributed by atoms with E-state index in [4.69, 9.17) is 11.8 Å². The van der Waals surface area contributed by atoms with Gasteiger partial charge < -0.3 is 4.90 Å². The summed E-state index contributed by atoms with van der Waals surface area (Å²) >= 11 is 6.58. The topological polar surface area (TPSA) is 19.4 Å². The van der Waals surface area contributed by atoms with Crippen LogP contribution in [0.1, 0.15) is 37.2 Å². The molecule has 1 aliphatic heterocycles. The molecule has 2 fully saturated rings. The van der Waals surface area contributed by atoms with Crippen LogP contribution in [0.3, 0.4) is 0 Å². The lowest BCUT2D eigenvalue weighted by Gasteiger charge is -2.34. The maximum Gasteiger partial charge on any atom is 0.0397 e. The summed E-state index contributed by atoms with van der Waals surface area (Å²) in [5.41, 5.74) is 2.74. The Morgan fingerprint density at radius 2 is 1.76 bits per heavy atom. The molecule has 0 amide bonds. The van der Waals surface area contributed by atoms with Crippen LogP contribution < -0.4 is 4.90 Å². The Morgan fingerprint density at radius 1 is 1.04 bits per heavy atom. The molecule has 1 aromatic heterocycles. The van der Waals surface area contributed by atoms with Gasteiger partial charge in [0.2, 0.25) is 0 Å². The highest BCUT2D eigenvalue weighted by atomic mass is 35.5. The first-order valence-electron chi connectivity index (χ1n) is 9.43. The molecule has 0 radical (unpaired) electrons. The largest absolute Gasteiger partial charge is 0.371 e. The Kier molecular flexibility index (Phi) is 5.23. The molecule has 0 bridgehead atoms. The fourth-order valence-corrected chi connectivity index (χ4v) is 4.37. The number of pyridine rings is 1. The molecule has 2 aliphatic rings. The highest BCUT2D eigenvalue weighted by Crippen LogP contribution is 2.45. The molecule has 4 heteroatoms. The third kappa shape index (κ3) is 4.16. The van der Waals surface area contributed by atoms with Gasteiger partial charge in [0.25, 0.3) is 0 Å². The third-order valence-corrected chi connectivity index (χ3v) is 6.16. The Morgan fingerprint density at radius 3 is 2.48 bits per heavy atom. The summed E-state index contributed by atoms with van der Waals surface area (Å²) in [6, 6.07) is 15.5. The van der Waals surface area contributed by atoms with E-state index in [2.05, 4.69) is 56.8 Å². The van der Waals surface area contributed by atoms with Crippen LogP contribution in [0, 0.1) is 5.92 Å². The zero-order chi connectivity index (χ0) is 17.1. The minimum atomic E-state index is 0.529. The molecule has 2 aromatic rings. The van der Waals surface area contributed by atoms with E-state index in [1.165, 1.54) is 36.9 Å². The number of nitrogens with zero attached hydrogens (tertiary/aromatic N) is 3. The molecule has 1 saturated heterocycles. The standard InChI is InChI=1S/C21H26ClN3/c22-25(21-16-20(21)18-4-2-1-3-5-18)15-10-17-8-13-24(14-9-17)19-6-11-23-12-7-19/h1-7,11-12,17,20-21H,8-10,13-16H2/t20-,21+/m0/s1. The fourth-order valence-electron chi connectivity index (χ4n) is 4.06. The van der Waals surface area contributed by atoms with Gasteiger partial charge in [-0.2, -0.15) is 0 Å². The molecule has 0 unspecified atom stereocenters. The predicted molar refractivity (Wildman–Crippen MR) is 104 cm³/mol. The van der Waals surface area contributed by atoms with E-state index in [0.717, 1.165) is 25.6 Å². The highest BCUT2D eigenvalue weighted by molar-refractivity contribution is 6.13. The van der Waals surface area contributed by atoms with Crippen LogP contribution >= 0.6 is 11.8 Å². The number of hydrogen-bond donors (Lipinski definition) is 0. The molecule has 1 saturated carbocycles. The average molecular weight is 356 g/mol. The summed E-state index contributed by atoms with van der Waals surface area (Å²) in [6.45, 7) is 3.30. The summed E-state index contributed by atoms with van der Waals surface area (Å²) in [5.74, 6) is 1.43. The van der Waals surface area contributed by atoms with Gasteiger partial charge in [-0.3, -0.25) is 4.98 Å². The maximum atomic E-state index is 6.58. The van der Waals surface area contributed by atoms with E-state index in [0.29, 0.717) is 12.0 Å². The van der Waals surface area contributed by atoms with Crippen LogP contribution in [0.2, 0.25) is 0 Å². The SMILES string of the molecule is ClN(CCC1CCN(c2ccncc2)CC1)[C@@H]1C[C@H]1c1ccccc1. The van der Waals surface area contributed by atoms with Crippen molar-refractivity contribution in [3.63, 3.8) is 0 Å². The first kappa shape index (κ1) is 16.9. The van der Waals surface area contributed by atoms with Gasteiger partial charge in [-0.25, -0.2) is 4.42 Å². The molecule has 2 heterocycles. The Balaban J connectivity index is 1.20. The van der Waals surface area contributed by atoms with Gasteiger partial charge in [-0.05, 0) is 61.1 Å². The Bertz CT molecular complexity index is 655. The lowest BCUT2D eigenvalue weighted by molar-refractivity contribution is 0.328. The molecular weight excluding hydrogens is 330 g/mol. The lowest BCUT2D eigenvalue weighted by Crippen LogP contribution is -2.34. The number of hydrogen-bond acceptors (Lipinski definition) is 3. The van der Waals surface area contributed by atoms with Crippen LogP contribution in [0.25, 0.3) is 0 Å². The van der Waals surface area contributed by atoms with Crippen molar-refractivity contribution in [2.75, 3.05) is 24.5 Å². The first-order valence-corrected chi connectivity index (χ1v) is 9.77. The third-order valence-electron chi connectivity index (χ3n) is 5.74. The quantitative estimate of drug-likeness (QED) is 0.700. The zero-order valence-electron chi connectivity index (χ0n) is 14.6. The first-order chi connectivity index (χ1) is 12.3. The summed E-state index contributed by atoms with van der Waals surface area (Å²) < 4.78 is 2.08. The second-order valence-corrected chi connectivity index (χ2v) is 7.80. The van der Waals surface area contributed by atoms with E-state index < -0.39 is 0 Å². The van der Waals surface area contributed by atoms with Crippen molar-refractivity contribution in [1.82, 2.24) is 9.40 Å². The van der Waals surface area contributed by atoms with Gasteiger partial charge in [0, 0.05) is 49.7 Å².